The normalized spacial score (nSPS) is 28.3. The van der Waals surface area contributed by atoms with E-state index < -0.39 is 5.97 Å². The van der Waals surface area contributed by atoms with E-state index in [-0.39, 0.29) is 17.8 Å². The molecule has 0 radical (unpaired) electrons. The number of nitrogens with one attached hydrogen (secondary N) is 1. The Morgan fingerprint density at radius 1 is 1.24 bits per heavy atom. The fourth-order valence-electron chi connectivity index (χ4n) is 3.74. The topological polar surface area (TPSA) is 49.3 Å². The molecule has 1 aromatic carbocycles. The number of hydrogen-bond acceptors (Lipinski definition) is 2. The summed E-state index contributed by atoms with van der Waals surface area (Å²) in [6.07, 6.45) is 5.31. The molecule has 1 unspecified atom stereocenters. The smallest absolute Gasteiger partial charge is 0.306 e. The first-order valence-corrected chi connectivity index (χ1v) is 7.88. The average molecular weight is 291 g/mol. The molecule has 0 amide bonds. The lowest BCUT2D eigenvalue weighted by Gasteiger charge is -2.27. The van der Waals surface area contributed by atoms with Gasteiger partial charge in [0.2, 0.25) is 0 Å². The van der Waals surface area contributed by atoms with Gasteiger partial charge in [-0.25, -0.2) is 4.39 Å². The van der Waals surface area contributed by atoms with E-state index in [9.17, 15) is 9.18 Å². The molecule has 0 aromatic heterocycles. The van der Waals surface area contributed by atoms with Crippen LogP contribution in [0.2, 0.25) is 0 Å². The first-order chi connectivity index (χ1) is 10.1. The highest BCUT2D eigenvalue weighted by atomic mass is 19.1. The van der Waals surface area contributed by atoms with Gasteiger partial charge in [-0.2, -0.15) is 0 Å². The molecule has 2 aliphatic carbocycles. The van der Waals surface area contributed by atoms with E-state index in [1.54, 1.807) is 6.07 Å². The Morgan fingerprint density at radius 3 is 2.71 bits per heavy atom. The van der Waals surface area contributed by atoms with Crippen molar-refractivity contribution in [2.45, 2.75) is 44.6 Å². The fraction of sp³-hybridized carbons (Fsp3) is 0.588. The number of rotatable bonds is 4. The predicted octanol–water partition coefficient (Wildman–Crippen LogP) is 3.29. The van der Waals surface area contributed by atoms with E-state index in [1.165, 1.54) is 6.07 Å². The maximum absolute atomic E-state index is 13.7. The Labute approximate surface area is 124 Å². The average Bonchev–Trinajstić information content (AvgIpc) is 2.90. The minimum Gasteiger partial charge on any atom is -0.481 e. The number of halogens is 1. The zero-order valence-electron chi connectivity index (χ0n) is 12.1. The SMILES string of the molecule is O=C(O)C1CCC(CNC2CCc3c(F)cccc32)CC1. The maximum Gasteiger partial charge on any atom is 0.306 e. The molecular weight excluding hydrogens is 269 g/mol. The summed E-state index contributed by atoms with van der Waals surface area (Å²) in [6.45, 7) is 0.910. The van der Waals surface area contributed by atoms with Gasteiger partial charge in [0.15, 0.2) is 0 Å². The third-order valence-electron chi connectivity index (χ3n) is 5.06. The van der Waals surface area contributed by atoms with E-state index >= 15 is 0 Å². The largest absolute Gasteiger partial charge is 0.481 e. The van der Waals surface area contributed by atoms with Crippen LogP contribution in [-0.4, -0.2) is 17.6 Å². The lowest BCUT2D eigenvalue weighted by Crippen LogP contribution is -2.30. The minimum atomic E-state index is -0.651. The van der Waals surface area contributed by atoms with Crippen molar-refractivity contribution in [3.05, 3.63) is 35.1 Å². The lowest BCUT2D eigenvalue weighted by molar-refractivity contribution is -0.143. The van der Waals surface area contributed by atoms with Crippen molar-refractivity contribution in [1.29, 1.82) is 0 Å². The molecule has 1 atom stereocenters. The van der Waals surface area contributed by atoms with Crippen LogP contribution in [0.5, 0.6) is 0 Å². The Bertz CT molecular complexity index is 524. The van der Waals surface area contributed by atoms with Crippen molar-refractivity contribution in [3.8, 4) is 0 Å². The van der Waals surface area contributed by atoms with Gasteiger partial charge in [-0.1, -0.05) is 12.1 Å². The monoisotopic (exact) mass is 291 g/mol. The van der Waals surface area contributed by atoms with Gasteiger partial charge in [0.25, 0.3) is 0 Å². The van der Waals surface area contributed by atoms with Crippen LogP contribution < -0.4 is 5.32 Å². The van der Waals surface area contributed by atoms with Crippen molar-refractivity contribution >= 4 is 5.97 Å². The second kappa shape index (κ2) is 6.14. The number of carbonyl (C=O) groups is 1. The Morgan fingerprint density at radius 2 is 2.00 bits per heavy atom. The highest BCUT2D eigenvalue weighted by molar-refractivity contribution is 5.69. The quantitative estimate of drug-likeness (QED) is 0.895. The number of carboxylic acids is 1. The minimum absolute atomic E-state index is 0.0845. The molecule has 3 nitrogen and oxygen atoms in total. The molecule has 1 fully saturated rings. The van der Waals surface area contributed by atoms with E-state index in [0.717, 1.165) is 56.2 Å². The second-order valence-corrected chi connectivity index (χ2v) is 6.36. The van der Waals surface area contributed by atoms with Gasteiger partial charge in [-0.15, -0.1) is 0 Å². The van der Waals surface area contributed by atoms with Gasteiger partial charge in [0.05, 0.1) is 5.92 Å². The number of hydrogen-bond donors (Lipinski definition) is 2. The van der Waals surface area contributed by atoms with E-state index in [4.69, 9.17) is 5.11 Å². The molecular formula is C17H22FNO2. The third-order valence-corrected chi connectivity index (χ3v) is 5.06. The lowest BCUT2D eigenvalue weighted by atomic mass is 9.82. The highest BCUT2D eigenvalue weighted by Gasteiger charge is 2.28. The van der Waals surface area contributed by atoms with Crippen LogP contribution >= 0.6 is 0 Å². The fourth-order valence-corrected chi connectivity index (χ4v) is 3.74. The van der Waals surface area contributed by atoms with Crippen LogP contribution in [0, 0.1) is 17.7 Å². The van der Waals surface area contributed by atoms with Gasteiger partial charge >= 0.3 is 5.97 Å². The number of benzene rings is 1. The molecule has 0 heterocycles. The molecule has 2 aliphatic rings. The molecule has 114 valence electrons. The predicted molar refractivity (Wildman–Crippen MR) is 78.5 cm³/mol. The number of carboxylic acid groups (broad SMARTS) is 1. The van der Waals surface area contributed by atoms with E-state index in [2.05, 4.69) is 5.32 Å². The number of fused-ring (bicyclic) bond motifs is 1. The van der Waals surface area contributed by atoms with E-state index in [1.807, 2.05) is 6.07 Å². The zero-order chi connectivity index (χ0) is 14.8. The van der Waals surface area contributed by atoms with Gasteiger partial charge in [-0.3, -0.25) is 4.79 Å². The van der Waals surface area contributed by atoms with Crippen molar-refractivity contribution in [2.75, 3.05) is 6.54 Å². The van der Waals surface area contributed by atoms with Crippen LogP contribution in [0.15, 0.2) is 18.2 Å². The first kappa shape index (κ1) is 14.5. The Kier molecular flexibility index (Phi) is 4.24. The molecule has 2 N–H and O–H groups in total. The molecule has 1 aromatic rings. The molecule has 0 spiro atoms. The summed E-state index contributed by atoms with van der Waals surface area (Å²) in [7, 11) is 0. The van der Waals surface area contributed by atoms with Crippen LogP contribution in [0.25, 0.3) is 0 Å². The van der Waals surface area contributed by atoms with Crippen LogP contribution in [0.3, 0.4) is 0 Å². The van der Waals surface area contributed by atoms with Crippen LogP contribution in [-0.2, 0) is 11.2 Å². The molecule has 0 aliphatic heterocycles. The second-order valence-electron chi connectivity index (χ2n) is 6.36. The summed E-state index contributed by atoms with van der Waals surface area (Å²) < 4.78 is 13.7. The Balaban J connectivity index is 1.52. The summed E-state index contributed by atoms with van der Waals surface area (Å²) in [5.41, 5.74) is 1.97. The first-order valence-electron chi connectivity index (χ1n) is 7.88. The highest BCUT2D eigenvalue weighted by Crippen LogP contribution is 2.34. The Hall–Kier alpha value is -1.42. The van der Waals surface area contributed by atoms with Gasteiger partial charge in [-0.05, 0) is 68.2 Å². The van der Waals surface area contributed by atoms with Crippen molar-refractivity contribution in [3.63, 3.8) is 0 Å². The molecule has 21 heavy (non-hydrogen) atoms. The molecule has 0 bridgehead atoms. The summed E-state index contributed by atoms with van der Waals surface area (Å²) in [5, 5.41) is 12.6. The zero-order valence-corrected chi connectivity index (χ0v) is 12.1. The van der Waals surface area contributed by atoms with Crippen molar-refractivity contribution < 1.29 is 14.3 Å². The molecule has 1 saturated carbocycles. The van der Waals surface area contributed by atoms with Crippen LogP contribution in [0.1, 0.15) is 49.3 Å². The summed E-state index contributed by atoms with van der Waals surface area (Å²) in [5.74, 6) is -0.332. The standard InChI is InChI=1S/C17H22FNO2/c18-15-3-1-2-14-13(15)8-9-16(14)19-10-11-4-6-12(7-5-11)17(20)21/h1-3,11-12,16,19H,4-10H2,(H,20,21). The maximum atomic E-state index is 13.7. The number of aliphatic carboxylic acids is 1. The van der Waals surface area contributed by atoms with Gasteiger partial charge < -0.3 is 10.4 Å². The van der Waals surface area contributed by atoms with Crippen LogP contribution in [0.4, 0.5) is 4.39 Å². The molecule has 3 rings (SSSR count). The van der Waals surface area contributed by atoms with Crippen molar-refractivity contribution in [2.24, 2.45) is 11.8 Å². The summed E-state index contributed by atoms with van der Waals surface area (Å²) in [4.78, 5) is 10.9. The summed E-state index contributed by atoms with van der Waals surface area (Å²) in [6, 6.07) is 5.60. The van der Waals surface area contributed by atoms with Gasteiger partial charge in [0.1, 0.15) is 5.82 Å². The third kappa shape index (κ3) is 3.10. The summed E-state index contributed by atoms with van der Waals surface area (Å²) >= 11 is 0. The van der Waals surface area contributed by atoms with E-state index in [0.29, 0.717) is 5.92 Å². The van der Waals surface area contributed by atoms with Crippen molar-refractivity contribution in [1.82, 2.24) is 5.32 Å². The van der Waals surface area contributed by atoms with Gasteiger partial charge in [0, 0.05) is 6.04 Å². The molecule has 4 heteroatoms. The molecule has 0 saturated heterocycles.